The van der Waals surface area contributed by atoms with Crippen LogP contribution < -0.4 is 0 Å². The van der Waals surface area contributed by atoms with Crippen molar-refractivity contribution in [2.24, 2.45) is 0 Å². The first-order valence-electron chi connectivity index (χ1n) is 9.58. The summed E-state index contributed by atoms with van der Waals surface area (Å²) >= 11 is 0. The number of rotatable bonds is 4. The molecule has 1 atom stereocenters. The first-order chi connectivity index (χ1) is 14.4. The summed E-state index contributed by atoms with van der Waals surface area (Å²) < 4.78 is 9.59. The molecule has 2 aromatic carbocycles. The van der Waals surface area contributed by atoms with Gasteiger partial charge in [-0.15, -0.1) is 0 Å². The van der Waals surface area contributed by atoms with Gasteiger partial charge in [0.25, 0.3) is 6.47 Å². The summed E-state index contributed by atoms with van der Waals surface area (Å²) in [6, 6.07) is 18.3. The quantitative estimate of drug-likeness (QED) is 0.364. The van der Waals surface area contributed by atoms with Crippen molar-refractivity contribution in [1.82, 2.24) is 0 Å². The maximum atomic E-state index is 11.4. The van der Waals surface area contributed by atoms with Crippen LogP contribution in [0.4, 0.5) is 0 Å². The lowest BCUT2D eigenvalue weighted by molar-refractivity contribution is -0.160. The Morgan fingerprint density at radius 2 is 1.70 bits per heavy atom. The summed E-state index contributed by atoms with van der Waals surface area (Å²) in [5.74, 6) is 5.82. The summed E-state index contributed by atoms with van der Waals surface area (Å²) in [6.07, 6.45) is 0.276. The minimum absolute atomic E-state index is 0.116. The van der Waals surface area contributed by atoms with Gasteiger partial charge in [-0.05, 0) is 45.0 Å². The van der Waals surface area contributed by atoms with E-state index in [1.807, 2.05) is 42.5 Å². The highest BCUT2D eigenvalue weighted by molar-refractivity contribution is 5.92. The fourth-order valence-corrected chi connectivity index (χ4v) is 2.77. The third kappa shape index (κ3) is 6.61. The summed E-state index contributed by atoms with van der Waals surface area (Å²) in [7, 11) is 0. The van der Waals surface area contributed by atoms with Gasteiger partial charge in [-0.25, -0.2) is 4.79 Å². The van der Waals surface area contributed by atoms with Crippen LogP contribution in [0.3, 0.4) is 0 Å². The zero-order valence-corrected chi connectivity index (χ0v) is 17.5. The van der Waals surface area contributed by atoms with Crippen LogP contribution in [-0.4, -0.2) is 36.4 Å². The number of allylic oxidation sites excluding steroid dienone is 1. The molecule has 0 bridgehead atoms. The van der Waals surface area contributed by atoms with E-state index >= 15 is 0 Å². The molecular weight excluding hydrogens is 380 g/mol. The second-order valence-corrected chi connectivity index (χ2v) is 7.28. The van der Waals surface area contributed by atoms with Crippen LogP contribution in [-0.2, 0) is 19.1 Å². The molecular formula is C25H26O5. The Labute approximate surface area is 177 Å². The minimum Gasteiger partial charge on any atom is -0.464 e. The van der Waals surface area contributed by atoms with Gasteiger partial charge >= 0.3 is 5.97 Å². The van der Waals surface area contributed by atoms with Crippen LogP contribution in [0.2, 0.25) is 0 Å². The van der Waals surface area contributed by atoms with Crippen LogP contribution >= 0.6 is 0 Å². The Balaban J connectivity index is 0.000000214. The van der Waals surface area contributed by atoms with Crippen molar-refractivity contribution in [2.45, 2.75) is 32.8 Å². The summed E-state index contributed by atoms with van der Waals surface area (Å²) in [5, 5.41) is 9.16. The van der Waals surface area contributed by atoms with Crippen molar-refractivity contribution in [3.8, 4) is 11.8 Å². The van der Waals surface area contributed by atoms with Gasteiger partial charge in [0.15, 0.2) is 5.60 Å². The lowest BCUT2D eigenvalue weighted by atomic mass is 9.97. The number of carbonyl (C=O) groups is 2. The Morgan fingerprint density at radius 1 is 1.10 bits per heavy atom. The molecule has 0 spiro atoms. The second-order valence-electron chi connectivity index (χ2n) is 7.28. The molecule has 3 rings (SSSR count). The van der Waals surface area contributed by atoms with Gasteiger partial charge < -0.3 is 14.6 Å². The third-order valence-corrected chi connectivity index (χ3v) is 4.54. The third-order valence-electron chi connectivity index (χ3n) is 4.54. The molecule has 5 nitrogen and oxygen atoms in total. The molecule has 1 fully saturated rings. The monoisotopic (exact) mass is 406 g/mol. The molecule has 0 aliphatic carbocycles. The van der Waals surface area contributed by atoms with Gasteiger partial charge in [-0.2, -0.15) is 0 Å². The van der Waals surface area contributed by atoms with Gasteiger partial charge in [0.1, 0.15) is 6.61 Å². The van der Waals surface area contributed by atoms with Crippen LogP contribution in [0.15, 0.2) is 65.7 Å². The van der Waals surface area contributed by atoms with E-state index in [4.69, 9.17) is 9.84 Å². The van der Waals surface area contributed by atoms with Gasteiger partial charge in [0.05, 0.1) is 6.61 Å². The summed E-state index contributed by atoms with van der Waals surface area (Å²) in [4.78, 5) is 21.5. The smallest absolute Gasteiger partial charge is 0.334 e. The Morgan fingerprint density at radius 3 is 2.20 bits per heavy atom. The van der Waals surface area contributed by atoms with Crippen molar-refractivity contribution in [2.75, 3.05) is 13.2 Å². The van der Waals surface area contributed by atoms with Gasteiger partial charge in [-0.3, -0.25) is 4.79 Å². The highest BCUT2D eigenvalue weighted by Crippen LogP contribution is 2.32. The largest absolute Gasteiger partial charge is 0.464 e. The van der Waals surface area contributed by atoms with E-state index in [0.29, 0.717) is 5.57 Å². The van der Waals surface area contributed by atoms with E-state index in [1.54, 1.807) is 13.8 Å². The van der Waals surface area contributed by atoms with Gasteiger partial charge in [0, 0.05) is 23.1 Å². The number of aryl methyl sites for hydroxylation is 1. The number of benzene rings is 2. The number of aliphatic hydroxyl groups excluding tert-OH is 1. The topological polar surface area (TPSA) is 72.8 Å². The Kier molecular flexibility index (Phi) is 8.40. The van der Waals surface area contributed by atoms with E-state index in [9.17, 15) is 9.59 Å². The molecule has 1 aliphatic heterocycles. The maximum absolute atomic E-state index is 11.4. The summed E-state index contributed by atoms with van der Waals surface area (Å²) in [5.41, 5.74) is 3.67. The van der Waals surface area contributed by atoms with Crippen molar-refractivity contribution in [3.63, 3.8) is 0 Å². The predicted octanol–water partition coefficient (Wildman–Crippen LogP) is 3.57. The van der Waals surface area contributed by atoms with Gasteiger partial charge in [-0.1, -0.05) is 53.3 Å². The van der Waals surface area contributed by atoms with E-state index in [0.717, 1.165) is 16.7 Å². The number of hydrogen-bond donors (Lipinski definition) is 1. The highest BCUT2D eigenvalue weighted by atomic mass is 16.6. The SMILES string of the molecule is CC(C)=C1CC(CO)(COC=O)OC1=O.Cc1ccc(C#Cc2ccccc2)cc1. The fourth-order valence-electron chi connectivity index (χ4n) is 2.77. The molecule has 1 saturated heterocycles. The predicted molar refractivity (Wildman–Crippen MR) is 115 cm³/mol. The number of esters is 1. The molecule has 2 aromatic rings. The number of ether oxygens (including phenoxy) is 2. The van der Waals surface area contributed by atoms with Crippen molar-refractivity contribution >= 4 is 12.4 Å². The second kappa shape index (κ2) is 11.0. The summed E-state index contributed by atoms with van der Waals surface area (Å²) in [6.45, 7) is 5.47. The minimum atomic E-state index is -1.09. The molecule has 5 heteroatoms. The van der Waals surface area contributed by atoms with Crippen molar-refractivity contribution in [1.29, 1.82) is 0 Å². The van der Waals surface area contributed by atoms with E-state index in [2.05, 4.69) is 35.6 Å². The lowest BCUT2D eigenvalue weighted by Crippen LogP contribution is -2.38. The molecule has 30 heavy (non-hydrogen) atoms. The highest BCUT2D eigenvalue weighted by Gasteiger charge is 2.44. The molecule has 0 saturated carbocycles. The standard InChI is InChI=1S/C15H12.C10H14O5/c1-13-7-9-15(10-8-13)12-11-14-5-3-2-4-6-14;1-7(2)8-3-10(4-11,5-14-6-12)15-9(8)13/h2-10H,1H3;6,11H,3-5H2,1-2H3. The number of cyclic esters (lactones) is 1. The molecule has 1 unspecified atom stereocenters. The molecule has 156 valence electrons. The molecule has 1 aliphatic rings. The number of hydrogen-bond acceptors (Lipinski definition) is 5. The zero-order chi connectivity index (χ0) is 22.0. The Bertz CT molecular complexity index is 945. The van der Waals surface area contributed by atoms with E-state index in [-0.39, 0.29) is 26.1 Å². The Hall–Kier alpha value is -3.36. The van der Waals surface area contributed by atoms with Crippen LogP contribution in [0, 0.1) is 18.8 Å². The fraction of sp³-hybridized carbons (Fsp3) is 0.280. The molecule has 0 aromatic heterocycles. The molecule has 0 amide bonds. The van der Waals surface area contributed by atoms with Crippen molar-refractivity contribution in [3.05, 3.63) is 82.4 Å². The number of aliphatic hydroxyl groups is 1. The first-order valence-corrected chi connectivity index (χ1v) is 9.58. The lowest BCUT2D eigenvalue weighted by Gasteiger charge is -2.22. The van der Waals surface area contributed by atoms with Crippen LogP contribution in [0.1, 0.15) is 37.0 Å². The molecule has 1 N–H and O–H groups in total. The van der Waals surface area contributed by atoms with E-state index in [1.165, 1.54) is 5.56 Å². The first kappa shape index (κ1) is 22.9. The average molecular weight is 406 g/mol. The molecule has 0 radical (unpaired) electrons. The van der Waals surface area contributed by atoms with Crippen molar-refractivity contribution < 1.29 is 24.2 Å². The normalized spacial score (nSPS) is 17.1. The van der Waals surface area contributed by atoms with E-state index < -0.39 is 11.6 Å². The molecule has 1 heterocycles. The zero-order valence-electron chi connectivity index (χ0n) is 17.5. The average Bonchev–Trinajstić information content (AvgIpc) is 3.10. The van der Waals surface area contributed by atoms with Gasteiger partial charge in [0.2, 0.25) is 0 Å². The van der Waals surface area contributed by atoms with Crippen LogP contribution in [0.5, 0.6) is 0 Å². The number of carbonyl (C=O) groups excluding carboxylic acids is 2. The van der Waals surface area contributed by atoms with Crippen LogP contribution in [0.25, 0.3) is 0 Å². The maximum Gasteiger partial charge on any atom is 0.334 e.